The number of aromatic nitrogens is 1. The number of amides is 1. The van der Waals surface area contributed by atoms with Gasteiger partial charge in [-0.05, 0) is 57.2 Å². The maximum absolute atomic E-state index is 11.7. The number of carbonyl (C=O) groups excluding carboxylic acids is 1. The van der Waals surface area contributed by atoms with Crippen LogP contribution in [0.4, 0.5) is 0 Å². The van der Waals surface area contributed by atoms with Gasteiger partial charge in [0.05, 0.1) is 6.61 Å². The number of hydroxylamine groups is 1. The summed E-state index contributed by atoms with van der Waals surface area (Å²) in [5, 5.41) is 0. The Morgan fingerprint density at radius 1 is 1.11 bits per heavy atom. The van der Waals surface area contributed by atoms with Crippen LogP contribution in [0.1, 0.15) is 28.7 Å². The number of aryl methyl sites for hydroxylation is 2. The first-order valence-electron chi connectivity index (χ1n) is 6.31. The van der Waals surface area contributed by atoms with Crippen molar-refractivity contribution in [2.24, 2.45) is 0 Å². The molecule has 1 aromatic heterocycles. The van der Waals surface area contributed by atoms with E-state index >= 15 is 0 Å². The minimum Gasteiger partial charge on any atom is -0.319 e. The Hall–Kier alpha value is -2.07. The van der Waals surface area contributed by atoms with Crippen LogP contribution in [0.3, 0.4) is 0 Å². The van der Waals surface area contributed by atoms with Crippen molar-refractivity contribution in [2.75, 3.05) is 6.61 Å². The van der Waals surface area contributed by atoms with E-state index in [-0.39, 0.29) is 5.91 Å². The molecule has 0 spiro atoms. The Morgan fingerprint density at radius 3 is 2.21 bits per heavy atom. The molecule has 0 saturated carbocycles. The maximum atomic E-state index is 11.7. The van der Waals surface area contributed by atoms with E-state index in [2.05, 4.69) is 36.0 Å². The predicted octanol–water partition coefficient (Wildman–Crippen LogP) is 2.78. The summed E-state index contributed by atoms with van der Waals surface area (Å²) in [6.45, 7) is 6.39. The Balaban J connectivity index is 2.21. The lowest BCUT2D eigenvalue weighted by Crippen LogP contribution is -2.23. The fraction of sp³-hybridized carbons (Fsp3) is 0.267. The molecule has 1 amide bonds. The third-order valence-electron chi connectivity index (χ3n) is 2.97. The van der Waals surface area contributed by atoms with E-state index in [1.54, 1.807) is 12.1 Å². The number of hydrogen-bond acceptors (Lipinski definition) is 2. The molecule has 19 heavy (non-hydrogen) atoms. The molecule has 1 aromatic carbocycles. The maximum Gasteiger partial charge on any atom is 0.274 e. The van der Waals surface area contributed by atoms with E-state index in [1.807, 2.05) is 19.1 Å². The second-order valence-electron chi connectivity index (χ2n) is 4.36. The molecule has 0 aliphatic heterocycles. The fourth-order valence-corrected chi connectivity index (χ4v) is 2.03. The van der Waals surface area contributed by atoms with Crippen molar-refractivity contribution in [1.82, 2.24) is 10.0 Å². The van der Waals surface area contributed by atoms with Gasteiger partial charge in [-0.2, -0.15) is 0 Å². The number of benzene rings is 1. The molecule has 0 aliphatic carbocycles. The molecular formula is C15H18N2O2. The summed E-state index contributed by atoms with van der Waals surface area (Å²) in [5.41, 5.74) is 6.35. The van der Waals surface area contributed by atoms with E-state index in [4.69, 9.17) is 4.84 Å². The first-order chi connectivity index (χ1) is 9.13. The zero-order valence-corrected chi connectivity index (χ0v) is 11.4. The summed E-state index contributed by atoms with van der Waals surface area (Å²) in [6.07, 6.45) is 0. The van der Waals surface area contributed by atoms with Crippen LogP contribution in [0.15, 0.2) is 36.4 Å². The van der Waals surface area contributed by atoms with E-state index in [0.717, 1.165) is 5.69 Å². The van der Waals surface area contributed by atoms with Crippen molar-refractivity contribution < 1.29 is 9.63 Å². The van der Waals surface area contributed by atoms with Crippen molar-refractivity contribution in [3.05, 3.63) is 53.3 Å². The molecule has 0 bridgehead atoms. The third kappa shape index (κ3) is 2.85. The Morgan fingerprint density at radius 2 is 1.68 bits per heavy atom. The van der Waals surface area contributed by atoms with Crippen LogP contribution in [-0.2, 0) is 4.84 Å². The molecule has 100 valence electrons. The average molecular weight is 258 g/mol. The number of nitrogens with one attached hydrogen (secondary N) is 1. The quantitative estimate of drug-likeness (QED) is 0.857. The minimum absolute atomic E-state index is 0.227. The van der Waals surface area contributed by atoms with Crippen molar-refractivity contribution >= 4 is 5.91 Å². The van der Waals surface area contributed by atoms with Crippen LogP contribution >= 0.6 is 0 Å². The SMILES string of the molecule is CCONC(=O)c1ccc(-n2c(C)ccc2C)cc1. The topological polar surface area (TPSA) is 43.3 Å². The van der Waals surface area contributed by atoms with Gasteiger partial charge in [-0.3, -0.25) is 9.63 Å². The second kappa shape index (κ2) is 5.71. The standard InChI is InChI=1S/C15H18N2O2/c1-4-19-16-15(18)13-7-9-14(10-8-13)17-11(2)5-6-12(17)3/h5-10H,4H2,1-3H3,(H,16,18). The van der Waals surface area contributed by atoms with Crippen LogP contribution in [0, 0.1) is 13.8 Å². The van der Waals surface area contributed by atoms with Crippen LogP contribution in [0.2, 0.25) is 0 Å². The highest BCUT2D eigenvalue weighted by molar-refractivity contribution is 5.93. The zero-order valence-electron chi connectivity index (χ0n) is 11.4. The normalized spacial score (nSPS) is 10.5. The molecule has 0 unspecified atom stereocenters. The van der Waals surface area contributed by atoms with Gasteiger partial charge >= 0.3 is 0 Å². The lowest BCUT2D eigenvalue weighted by atomic mass is 10.2. The molecule has 0 radical (unpaired) electrons. The van der Waals surface area contributed by atoms with Gasteiger partial charge in [0, 0.05) is 22.6 Å². The third-order valence-corrected chi connectivity index (χ3v) is 2.97. The second-order valence-corrected chi connectivity index (χ2v) is 4.36. The van der Waals surface area contributed by atoms with Gasteiger partial charge in [-0.15, -0.1) is 0 Å². The van der Waals surface area contributed by atoms with E-state index < -0.39 is 0 Å². The van der Waals surface area contributed by atoms with E-state index in [0.29, 0.717) is 12.2 Å². The summed E-state index contributed by atoms with van der Waals surface area (Å²) in [5.74, 6) is -0.227. The van der Waals surface area contributed by atoms with Crippen LogP contribution in [-0.4, -0.2) is 17.1 Å². The molecule has 0 fully saturated rings. The van der Waals surface area contributed by atoms with Gasteiger partial charge < -0.3 is 4.57 Å². The molecule has 2 rings (SSSR count). The highest BCUT2D eigenvalue weighted by Gasteiger charge is 2.07. The largest absolute Gasteiger partial charge is 0.319 e. The molecule has 1 heterocycles. The van der Waals surface area contributed by atoms with E-state index in [9.17, 15) is 4.79 Å². The van der Waals surface area contributed by atoms with Crippen LogP contribution in [0.25, 0.3) is 5.69 Å². The van der Waals surface area contributed by atoms with Crippen LogP contribution in [0.5, 0.6) is 0 Å². The smallest absolute Gasteiger partial charge is 0.274 e. The number of rotatable bonds is 4. The molecule has 0 saturated heterocycles. The number of nitrogens with zero attached hydrogens (tertiary/aromatic N) is 1. The molecule has 4 heteroatoms. The summed E-state index contributed by atoms with van der Waals surface area (Å²) < 4.78 is 2.14. The molecular weight excluding hydrogens is 240 g/mol. The molecule has 0 atom stereocenters. The van der Waals surface area contributed by atoms with Crippen molar-refractivity contribution in [1.29, 1.82) is 0 Å². The minimum atomic E-state index is -0.227. The molecule has 2 aromatic rings. The number of hydrogen-bond donors (Lipinski definition) is 1. The van der Waals surface area contributed by atoms with Gasteiger partial charge in [0.1, 0.15) is 0 Å². The monoisotopic (exact) mass is 258 g/mol. The molecule has 4 nitrogen and oxygen atoms in total. The lowest BCUT2D eigenvalue weighted by Gasteiger charge is -2.10. The number of carbonyl (C=O) groups is 1. The highest BCUT2D eigenvalue weighted by atomic mass is 16.6. The molecule has 1 N–H and O–H groups in total. The van der Waals surface area contributed by atoms with Crippen LogP contribution < -0.4 is 5.48 Å². The Kier molecular flexibility index (Phi) is 4.02. The first-order valence-corrected chi connectivity index (χ1v) is 6.31. The van der Waals surface area contributed by atoms with E-state index in [1.165, 1.54) is 11.4 Å². The van der Waals surface area contributed by atoms with Gasteiger partial charge in [0.25, 0.3) is 5.91 Å². The lowest BCUT2D eigenvalue weighted by molar-refractivity contribution is 0.0364. The average Bonchev–Trinajstić information content (AvgIpc) is 2.76. The summed E-state index contributed by atoms with van der Waals surface area (Å²) in [7, 11) is 0. The zero-order chi connectivity index (χ0) is 13.8. The Labute approximate surface area is 113 Å². The summed E-state index contributed by atoms with van der Waals surface area (Å²) >= 11 is 0. The van der Waals surface area contributed by atoms with Gasteiger partial charge in [0.2, 0.25) is 0 Å². The predicted molar refractivity (Wildman–Crippen MR) is 74.3 cm³/mol. The summed E-state index contributed by atoms with van der Waals surface area (Å²) in [4.78, 5) is 16.6. The van der Waals surface area contributed by atoms with Gasteiger partial charge in [0.15, 0.2) is 0 Å². The highest BCUT2D eigenvalue weighted by Crippen LogP contribution is 2.16. The Bertz CT molecular complexity index is 551. The van der Waals surface area contributed by atoms with Gasteiger partial charge in [-0.25, -0.2) is 5.48 Å². The van der Waals surface area contributed by atoms with Crippen molar-refractivity contribution in [3.8, 4) is 5.69 Å². The van der Waals surface area contributed by atoms with Crippen molar-refractivity contribution in [3.63, 3.8) is 0 Å². The van der Waals surface area contributed by atoms with Crippen molar-refractivity contribution in [2.45, 2.75) is 20.8 Å². The molecule has 0 aliphatic rings. The fourth-order valence-electron chi connectivity index (χ4n) is 2.03. The summed E-state index contributed by atoms with van der Waals surface area (Å²) in [6, 6.07) is 11.6. The van der Waals surface area contributed by atoms with Gasteiger partial charge in [-0.1, -0.05) is 0 Å². The first kappa shape index (κ1) is 13.4.